The fourth-order valence-corrected chi connectivity index (χ4v) is 2.67. The highest BCUT2D eigenvalue weighted by molar-refractivity contribution is 5.76. The van der Waals surface area contributed by atoms with Crippen molar-refractivity contribution in [1.82, 2.24) is 0 Å². The van der Waals surface area contributed by atoms with E-state index in [0.717, 1.165) is 13.0 Å². The van der Waals surface area contributed by atoms with Crippen molar-refractivity contribution < 1.29 is 9.66 Å². The smallest absolute Gasteiger partial charge is 0.315 e. The molecule has 0 aliphatic carbocycles. The summed E-state index contributed by atoms with van der Waals surface area (Å²) < 4.78 is 5.49. The van der Waals surface area contributed by atoms with E-state index in [9.17, 15) is 10.1 Å². The quantitative estimate of drug-likeness (QED) is 0.472. The van der Waals surface area contributed by atoms with E-state index < -0.39 is 4.92 Å². The van der Waals surface area contributed by atoms with Crippen LogP contribution in [0.3, 0.4) is 0 Å². The Balaban J connectivity index is 2.03. The maximum Gasteiger partial charge on any atom is 0.315 e. The average molecular weight is 235 g/mol. The Kier molecular flexibility index (Phi) is 2.19. The minimum atomic E-state index is -0.405. The van der Waals surface area contributed by atoms with Crippen LogP contribution >= 0.6 is 0 Å². The normalized spacial score (nSPS) is 26.5. The molecule has 2 aliphatic rings. The lowest BCUT2D eigenvalue weighted by molar-refractivity contribution is -0.383. The summed E-state index contributed by atoms with van der Waals surface area (Å²) in [4.78, 5) is 12.7. The van der Waals surface area contributed by atoms with E-state index in [4.69, 9.17) is 10.5 Å². The predicted octanol–water partition coefficient (Wildman–Crippen LogP) is 1.15. The molecule has 0 radical (unpaired) electrons. The van der Waals surface area contributed by atoms with Crippen LogP contribution in [0, 0.1) is 10.1 Å². The molecule has 2 heterocycles. The Morgan fingerprint density at radius 1 is 1.53 bits per heavy atom. The molecular weight excluding hydrogens is 222 g/mol. The largest absolute Gasteiger partial charge is 0.393 e. The number of hydrogen-bond donors (Lipinski definition) is 1. The molecule has 2 aliphatic heterocycles. The Morgan fingerprint density at radius 2 is 2.35 bits per heavy atom. The SMILES string of the molecule is Nc1cccc(N2C[C@@H]3C[C@H]2CO3)c1[N+](=O)[O-]. The molecule has 0 saturated carbocycles. The summed E-state index contributed by atoms with van der Waals surface area (Å²) in [6.45, 7) is 1.37. The van der Waals surface area contributed by atoms with Crippen LogP contribution in [-0.4, -0.2) is 30.2 Å². The highest BCUT2D eigenvalue weighted by Gasteiger charge is 2.41. The molecule has 3 rings (SSSR count). The second kappa shape index (κ2) is 3.59. The first-order chi connectivity index (χ1) is 8.16. The number of rotatable bonds is 2. The number of nitrogens with zero attached hydrogens (tertiary/aromatic N) is 2. The number of hydrogen-bond acceptors (Lipinski definition) is 5. The zero-order chi connectivity index (χ0) is 12.0. The molecule has 17 heavy (non-hydrogen) atoms. The Morgan fingerprint density at radius 3 is 2.94 bits per heavy atom. The number of morpholine rings is 1. The van der Waals surface area contributed by atoms with E-state index in [1.54, 1.807) is 18.2 Å². The maximum atomic E-state index is 11.1. The lowest BCUT2D eigenvalue weighted by atomic mass is 10.2. The number of nitro benzene ring substituents is 1. The van der Waals surface area contributed by atoms with Crippen molar-refractivity contribution in [3.05, 3.63) is 28.3 Å². The lowest BCUT2D eigenvalue weighted by Crippen LogP contribution is -2.37. The fourth-order valence-electron chi connectivity index (χ4n) is 2.67. The summed E-state index contributed by atoms with van der Waals surface area (Å²) in [5.74, 6) is 0. The summed E-state index contributed by atoms with van der Waals surface area (Å²) >= 11 is 0. The van der Waals surface area contributed by atoms with Crippen molar-refractivity contribution >= 4 is 17.1 Å². The number of anilines is 2. The standard InChI is InChI=1S/C11H13N3O3/c12-9-2-1-3-10(11(9)14(15)16)13-5-8-4-7(13)6-17-8/h1-3,7-8H,4-6,12H2/t7-,8-/m0/s1. The van der Waals surface area contributed by atoms with Crippen LogP contribution < -0.4 is 10.6 Å². The second-order valence-electron chi connectivity index (χ2n) is 4.47. The van der Waals surface area contributed by atoms with E-state index in [1.807, 2.05) is 4.90 Å². The van der Waals surface area contributed by atoms with Crippen molar-refractivity contribution in [2.75, 3.05) is 23.8 Å². The molecule has 2 atom stereocenters. The topological polar surface area (TPSA) is 81.6 Å². The van der Waals surface area contributed by atoms with E-state index in [2.05, 4.69) is 0 Å². The van der Waals surface area contributed by atoms with Gasteiger partial charge in [0.2, 0.25) is 0 Å². The Labute approximate surface area is 98.1 Å². The third kappa shape index (κ3) is 1.52. The first-order valence-electron chi connectivity index (χ1n) is 5.58. The monoisotopic (exact) mass is 235 g/mol. The number of fused-ring (bicyclic) bond motifs is 2. The minimum absolute atomic E-state index is 0.0139. The zero-order valence-electron chi connectivity index (χ0n) is 9.20. The molecule has 90 valence electrons. The first kappa shape index (κ1) is 10.3. The molecule has 6 heteroatoms. The fraction of sp³-hybridized carbons (Fsp3) is 0.455. The predicted molar refractivity (Wildman–Crippen MR) is 63.0 cm³/mol. The van der Waals surface area contributed by atoms with Gasteiger partial charge in [0, 0.05) is 6.54 Å². The van der Waals surface area contributed by atoms with Crippen LogP contribution in [0.5, 0.6) is 0 Å². The van der Waals surface area contributed by atoms with E-state index in [0.29, 0.717) is 12.3 Å². The number of ether oxygens (including phenoxy) is 1. The third-order valence-corrected chi connectivity index (χ3v) is 3.44. The summed E-state index contributed by atoms with van der Waals surface area (Å²) in [5.41, 5.74) is 6.54. The van der Waals surface area contributed by atoms with Crippen LogP contribution in [0.25, 0.3) is 0 Å². The minimum Gasteiger partial charge on any atom is -0.393 e. The molecule has 0 aromatic heterocycles. The second-order valence-corrected chi connectivity index (χ2v) is 4.47. The Bertz CT molecular complexity index is 477. The van der Waals surface area contributed by atoms with Gasteiger partial charge in [-0.25, -0.2) is 0 Å². The number of nitrogens with two attached hydrogens (primary N) is 1. The van der Waals surface area contributed by atoms with Gasteiger partial charge >= 0.3 is 5.69 Å². The van der Waals surface area contributed by atoms with Crippen molar-refractivity contribution in [2.45, 2.75) is 18.6 Å². The van der Waals surface area contributed by atoms with Crippen molar-refractivity contribution in [1.29, 1.82) is 0 Å². The van der Waals surface area contributed by atoms with Gasteiger partial charge in [-0.15, -0.1) is 0 Å². The van der Waals surface area contributed by atoms with Crippen LogP contribution in [-0.2, 0) is 4.74 Å². The maximum absolute atomic E-state index is 11.1. The van der Waals surface area contributed by atoms with Gasteiger partial charge in [0.1, 0.15) is 11.4 Å². The molecule has 6 nitrogen and oxygen atoms in total. The van der Waals surface area contributed by atoms with E-state index in [-0.39, 0.29) is 23.5 Å². The number of nitrogen functional groups attached to an aromatic ring is 1. The van der Waals surface area contributed by atoms with Gasteiger partial charge in [-0.2, -0.15) is 0 Å². The van der Waals surface area contributed by atoms with Gasteiger partial charge in [0.15, 0.2) is 0 Å². The molecule has 0 amide bonds. The van der Waals surface area contributed by atoms with E-state index >= 15 is 0 Å². The zero-order valence-corrected chi connectivity index (χ0v) is 9.20. The Hall–Kier alpha value is -1.82. The highest BCUT2D eigenvalue weighted by Crippen LogP contribution is 2.39. The van der Waals surface area contributed by atoms with Gasteiger partial charge in [-0.05, 0) is 18.6 Å². The van der Waals surface area contributed by atoms with Crippen molar-refractivity contribution in [3.63, 3.8) is 0 Å². The van der Waals surface area contributed by atoms with Gasteiger partial charge in [0.05, 0.1) is 23.7 Å². The number of nitro groups is 1. The first-order valence-corrected chi connectivity index (χ1v) is 5.58. The summed E-state index contributed by atoms with van der Waals surface area (Å²) in [7, 11) is 0. The molecule has 2 fully saturated rings. The lowest BCUT2D eigenvalue weighted by Gasteiger charge is -2.28. The molecule has 2 bridgehead atoms. The average Bonchev–Trinajstić information content (AvgIpc) is 2.89. The summed E-state index contributed by atoms with van der Waals surface area (Å²) in [6.07, 6.45) is 1.16. The van der Waals surface area contributed by atoms with Crippen LogP contribution in [0.2, 0.25) is 0 Å². The molecule has 2 saturated heterocycles. The van der Waals surface area contributed by atoms with Gasteiger partial charge in [-0.3, -0.25) is 10.1 Å². The van der Waals surface area contributed by atoms with Gasteiger partial charge in [0.25, 0.3) is 0 Å². The molecule has 0 spiro atoms. The molecule has 0 unspecified atom stereocenters. The summed E-state index contributed by atoms with van der Waals surface area (Å²) in [5, 5.41) is 11.1. The van der Waals surface area contributed by atoms with Crippen molar-refractivity contribution in [3.8, 4) is 0 Å². The summed E-state index contributed by atoms with van der Waals surface area (Å²) in [6, 6.07) is 5.33. The highest BCUT2D eigenvalue weighted by atomic mass is 16.6. The molecule has 1 aromatic carbocycles. The van der Waals surface area contributed by atoms with Gasteiger partial charge in [-0.1, -0.05) is 6.07 Å². The third-order valence-electron chi connectivity index (χ3n) is 3.44. The molecular formula is C11H13N3O3. The molecule has 1 aromatic rings. The number of para-hydroxylation sites is 1. The van der Waals surface area contributed by atoms with E-state index in [1.165, 1.54) is 0 Å². The van der Waals surface area contributed by atoms with Crippen molar-refractivity contribution in [2.24, 2.45) is 0 Å². The van der Waals surface area contributed by atoms with Crippen LogP contribution in [0.1, 0.15) is 6.42 Å². The molecule has 2 N–H and O–H groups in total. The van der Waals surface area contributed by atoms with Crippen LogP contribution in [0.15, 0.2) is 18.2 Å². The van der Waals surface area contributed by atoms with Gasteiger partial charge < -0.3 is 15.4 Å². The van der Waals surface area contributed by atoms with Crippen LogP contribution in [0.4, 0.5) is 17.1 Å². The number of benzene rings is 1.